The van der Waals surface area contributed by atoms with Gasteiger partial charge in [0.25, 0.3) is 10.0 Å². The molecule has 0 saturated carbocycles. The highest BCUT2D eigenvalue weighted by Gasteiger charge is 2.13. The van der Waals surface area contributed by atoms with E-state index in [2.05, 4.69) is 9.93 Å². The van der Waals surface area contributed by atoms with Crippen LogP contribution in [0.4, 0.5) is 0 Å². The van der Waals surface area contributed by atoms with Crippen molar-refractivity contribution in [2.45, 2.75) is 38.2 Å². The third-order valence-corrected chi connectivity index (χ3v) is 4.84. The van der Waals surface area contributed by atoms with Gasteiger partial charge in [0.15, 0.2) is 0 Å². The van der Waals surface area contributed by atoms with Gasteiger partial charge in [0.05, 0.1) is 28.8 Å². The number of halogens is 1. The zero-order valence-corrected chi connectivity index (χ0v) is 17.0. The van der Waals surface area contributed by atoms with Crippen LogP contribution in [0.25, 0.3) is 0 Å². The largest absolute Gasteiger partial charge is 0.492 e. The highest BCUT2D eigenvalue weighted by Crippen LogP contribution is 2.25. The number of sulfonamides is 1. The third-order valence-electron chi connectivity index (χ3n) is 3.31. The van der Waals surface area contributed by atoms with Gasteiger partial charge in [-0.1, -0.05) is 18.5 Å². The maximum absolute atomic E-state index is 12.3. The van der Waals surface area contributed by atoms with Crippen molar-refractivity contribution in [1.82, 2.24) is 4.83 Å². The first kappa shape index (κ1) is 21.1. The monoisotopic (exact) mass is 410 g/mol. The predicted molar refractivity (Wildman–Crippen MR) is 107 cm³/mol. The molecule has 2 rings (SSSR count). The van der Waals surface area contributed by atoms with Gasteiger partial charge in [0.2, 0.25) is 0 Å². The van der Waals surface area contributed by atoms with Crippen molar-refractivity contribution >= 4 is 27.8 Å². The van der Waals surface area contributed by atoms with Gasteiger partial charge < -0.3 is 9.47 Å². The standard InChI is InChI=1S/C19H23ClN2O4S/c1-4-11-25-19-10-5-15(12-18(19)20)13-21-22-27(23,24)17-8-6-16(7-9-17)26-14(2)3/h5-10,12-14,22H,4,11H2,1-3H3/b21-13+. The number of ether oxygens (including phenoxy) is 2. The van der Waals surface area contributed by atoms with E-state index in [1.165, 1.54) is 18.3 Å². The van der Waals surface area contributed by atoms with Crippen LogP contribution in [0.1, 0.15) is 32.8 Å². The molecule has 2 aromatic carbocycles. The molecule has 0 atom stereocenters. The third kappa shape index (κ3) is 6.45. The van der Waals surface area contributed by atoms with Crippen LogP contribution in [0.5, 0.6) is 11.5 Å². The minimum Gasteiger partial charge on any atom is -0.492 e. The van der Waals surface area contributed by atoms with E-state index < -0.39 is 10.0 Å². The molecular weight excluding hydrogens is 388 g/mol. The SMILES string of the molecule is CCCOc1ccc(/C=N/NS(=O)(=O)c2ccc(OC(C)C)cc2)cc1Cl. The van der Waals surface area contributed by atoms with Crippen molar-refractivity contribution < 1.29 is 17.9 Å². The van der Waals surface area contributed by atoms with Crippen LogP contribution in [0.2, 0.25) is 5.02 Å². The maximum Gasteiger partial charge on any atom is 0.276 e. The summed E-state index contributed by atoms with van der Waals surface area (Å²) < 4.78 is 35.6. The average Bonchev–Trinajstić information content (AvgIpc) is 2.61. The minimum absolute atomic E-state index is 0.0146. The van der Waals surface area contributed by atoms with Gasteiger partial charge in [-0.3, -0.25) is 0 Å². The van der Waals surface area contributed by atoms with Crippen molar-refractivity contribution in [2.75, 3.05) is 6.61 Å². The van der Waals surface area contributed by atoms with Crippen LogP contribution >= 0.6 is 11.6 Å². The summed E-state index contributed by atoms with van der Waals surface area (Å²) in [4.78, 5) is 2.27. The summed E-state index contributed by atoms with van der Waals surface area (Å²) in [6, 6.07) is 11.3. The number of hydrazone groups is 1. The molecule has 0 spiro atoms. The van der Waals surface area contributed by atoms with Crippen molar-refractivity contribution in [3.05, 3.63) is 53.1 Å². The lowest BCUT2D eigenvalue weighted by Gasteiger charge is -2.10. The molecule has 0 aromatic heterocycles. The lowest BCUT2D eigenvalue weighted by Crippen LogP contribution is -2.18. The lowest BCUT2D eigenvalue weighted by molar-refractivity contribution is 0.242. The summed E-state index contributed by atoms with van der Waals surface area (Å²) in [7, 11) is -3.77. The van der Waals surface area contributed by atoms with Gasteiger partial charge in [-0.2, -0.15) is 13.5 Å². The van der Waals surface area contributed by atoms with E-state index in [9.17, 15) is 8.42 Å². The number of nitrogens with one attached hydrogen (secondary N) is 1. The average molecular weight is 411 g/mol. The summed E-state index contributed by atoms with van der Waals surface area (Å²) in [6.45, 7) is 6.38. The summed E-state index contributed by atoms with van der Waals surface area (Å²) in [5, 5.41) is 4.24. The molecule has 0 aliphatic carbocycles. The highest BCUT2D eigenvalue weighted by molar-refractivity contribution is 7.89. The molecule has 27 heavy (non-hydrogen) atoms. The molecule has 8 heteroatoms. The molecule has 0 aliphatic rings. The van der Waals surface area contributed by atoms with Crippen LogP contribution in [0, 0.1) is 0 Å². The quantitative estimate of drug-likeness (QED) is 0.495. The first-order valence-corrected chi connectivity index (χ1v) is 10.4. The van der Waals surface area contributed by atoms with E-state index in [-0.39, 0.29) is 11.0 Å². The van der Waals surface area contributed by atoms with Crippen LogP contribution in [-0.2, 0) is 10.0 Å². The second-order valence-corrected chi connectivity index (χ2v) is 8.10. The number of benzene rings is 2. The summed E-state index contributed by atoms with van der Waals surface area (Å²) in [6.07, 6.45) is 2.27. The fourth-order valence-corrected chi connectivity index (χ4v) is 3.15. The number of hydrogen-bond acceptors (Lipinski definition) is 5. The van der Waals surface area contributed by atoms with Gasteiger partial charge in [-0.05, 0) is 68.3 Å². The Morgan fingerprint density at radius 3 is 2.48 bits per heavy atom. The van der Waals surface area contributed by atoms with Gasteiger partial charge >= 0.3 is 0 Å². The Morgan fingerprint density at radius 2 is 1.89 bits per heavy atom. The van der Waals surface area contributed by atoms with Crippen molar-refractivity contribution in [3.8, 4) is 11.5 Å². The molecule has 0 heterocycles. The molecule has 0 amide bonds. The van der Waals surface area contributed by atoms with Crippen LogP contribution in [0.3, 0.4) is 0 Å². The predicted octanol–water partition coefficient (Wildman–Crippen LogP) is 4.23. The van der Waals surface area contributed by atoms with Gasteiger partial charge in [0.1, 0.15) is 11.5 Å². The zero-order valence-electron chi connectivity index (χ0n) is 15.5. The summed E-state index contributed by atoms with van der Waals surface area (Å²) in [5.41, 5.74) is 0.646. The van der Waals surface area contributed by atoms with E-state index in [4.69, 9.17) is 21.1 Å². The van der Waals surface area contributed by atoms with Crippen LogP contribution < -0.4 is 14.3 Å². The Kier molecular flexibility index (Phi) is 7.50. The fraction of sp³-hybridized carbons (Fsp3) is 0.316. The first-order valence-electron chi connectivity index (χ1n) is 8.55. The second kappa shape index (κ2) is 9.62. The number of nitrogens with zero attached hydrogens (tertiary/aromatic N) is 1. The van der Waals surface area contributed by atoms with Crippen LogP contribution in [0.15, 0.2) is 52.5 Å². The van der Waals surface area contributed by atoms with Gasteiger partial charge in [-0.15, -0.1) is 0 Å². The first-order chi connectivity index (χ1) is 12.8. The molecule has 0 unspecified atom stereocenters. The summed E-state index contributed by atoms with van der Waals surface area (Å²) in [5.74, 6) is 1.19. The van der Waals surface area contributed by atoms with E-state index in [1.54, 1.807) is 30.3 Å². The molecule has 2 aromatic rings. The molecule has 0 radical (unpaired) electrons. The van der Waals surface area contributed by atoms with Crippen molar-refractivity contribution in [2.24, 2.45) is 5.10 Å². The van der Waals surface area contributed by atoms with Gasteiger partial charge in [0, 0.05) is 0 Å². The van der Waals surface area contributed by atoms with Gasteiger partial charge in [-0.25, -0.2) is 4.83 Å². The van der Waals surface area contributed by atoms with Crippen LogP contribution in [-0.4, -0.2) is 27.3 Å². The van der Waals surface area contributed by atoms with E-state index in [1.807, 2.05) is 20.8 Å². The Morgan fingerprint density at radius 1 is 1.19 bits per heavy atom. The molecule has 1 N–H and O–H groups in total. The molecule has 6 nitrogen and oxygen atoms in total. The maximum atomic E-state index is 12.3. The Bertz CT molecular complexity index is 881. The molecule has 0 saturated heterocycles. The minimum atomic E-state index is -3.77. The highest BCUT2D eigenvalue weighted by atomic mass is 35.5. The number of rotatable bonds is 9. The molecule has 146 valence electrons. The van der Waals surface area contributed by atoms with E-state index in [0.717, 1.165) is 6.42 Å². The fourth-order valence-electron chi connectivity index (χ4n) is 2.12. The topological polar surface area (TPSA) is 77.0 Å². The number of hydrogen-bond donors (Lipinski definition) is 1. The Balaban J connectivity index is 2.02. The lowest BCUT2D eigenvalue weighted by atomic mass is 10.2. The molecular formula is C19H23ClN2O4S. The smallest absolute Gasteiger partial charge is 0.276 e. The zero-order chi connectivity index (χ0) is 19.9. The normalized spacial score (nSPS) is 11.7. The second-order valence-electron chi connectivity index (χ2n) is 6.03. The molecule has 0 fully saturated rings. The Labute approximate surface area is 165 Å². The Hall–Kier alpha value is -2.25. The van der Waals surface area contributed by atoms with Crippen molar-refractivity contribution in [1.29, 1.82) is 0 Å². The van der Waals surface area contributed by atoms with Crippen molar-refractivity contribution in [3.63, 3.8) is 0 Å². The van der Waals surface area contributed by atoms with E-state index >= 15 is 0 Å². The summed E-state index contributed by atoms with van der Waals surface area (Å²) >= 11 is 6.14. The molecule has 0 bridgehead atoms. The van der Waals surface area contributed by atoms with E-state index in [0.29, 0.717) is 28.7 Å². The molecule has 0 aliphatic heterocycles.